The molecule has 0 amide bonds. The molecule has 0 spiro atoms. The van der Waals surface area contributed by atoms with Crippen LogP contribution in [0, 0.1) is 5.82 Å². The van der Waals surface area contributed by atoms with Crippen LogP contribution in [0.3, 0.4) is 0 Å². The molecule has 5 nitrogen and oxygen atoms in total. The lowest BCUT2D eigenvalue weighted by atomic mass is 10.1. The van der Waals surface area contributed by atoms with Gasteiger partial charge in [-0.2, -0.15) is 5.10 Å². The van der Waals surface area contributed by atoms with Crippen LogP contribution in [0.4, 0.5) is 10.1 Å². The maximum atomic E-state index is 13.7. The molecule has 0 aliphatic heterocycles. The molecule has 1 aromatic heterocycles. The summed E-state index contributed by atoms with van der Waals surface area (Å²) in [5.74, 6) is 0.244. The van der Waals surface area contributed by atoms with Crippen LogP contribution in [0.15, 0.2) is 30.6 Å². The van der Waals surface area contributed by atoms with Crippen LogP contribution in [0.1, 0.15) is 11.6 Å². The van der Waals surface area contributed by atoms with Gasteiger partial charge in [-0.25, -0.2) is 4.39 Å². The highest BCUT2D eigenvalue weighted by atomic mass is 19.1. The zero-order chi connectivity index (χ0) is 13.8. The first-order valence-electron chi connectivity index (χ1n) is 5.92. The first-order chi connectivity index (χ1) is 9.13. The molecular formula is C13H17FN4O. The third-order valence-corrected chi connectivity index (χ3v) is 2.87. The van der Waals surface area contributed by atoms with Gasteiger partial charge in [-0.1, -0.05) is 0 Å². The second-order valence-corrected chi connectivity index (χ2v) is 4.23. The topological polar surface area (TPSA) is 65.1 Å². The van der Waals surface area contributed by atoms with E-state index < -0.39 is 0 Å². The fraction of sp³-hybridized carbons (Fsp3) is 0.308. The summed E-state index contributed by atoms with van der Waals surface area (Å²) in [5.41, 5.74) is 7.00. The van der Waals surface area contributed by atoms with Crippen LogP contribution >= 0.6 is 0 Å². The van der Waals surface area contributed by atoms with Crippen molar-refractivity contribution in [1.82, 2.24) is 9.78 Å². The largest absolute Gasteiger partial charge is 0.497 e. The van der Waals surface area contributed by atoms with E-state index in [1.165, 1.54) is 6.07 Å². The Morgan fingerprint density at radius 1 is 1.53 bits per heavy atom. The molecule has 0 bridgehead atoms. The Balaban J connectivity index is 2.23. The highest BCUT2D eigenvalue weighted by Gasteiger charge is 2.14. The Labute approximate surface area is 111 Å². The molecule has 102 valence electrons. The molecule has 3 N–H and O–H groups in total. The summed E-state index contributed by atoms with van der Waals surface area (Å²) in [4.78, 5) is 0. The van der Waals surface area contributed by atoms with E-state index in [0.29, 0.717) is 18.0 Å². The number of hydrogen-bond acceptors (Lipinski definition) is 4. The molecule has 2 aromatic rings. The normalized spacial score (nSPS) is 12.2. The van der Waals surface area contributed by atoms with Crippen molar-refractivity contribution in [2.24, 2.45) is 12.8 Å². The molecule has 0 radical (unpaired) electrons. The van der Waals surface area contributed by atoms with Crippen molar-refractivity contribution in [1.29, 1.82) is 0 Å². The van der Waals surface area contributed by atoms with Crippen LogP contribution in [-0.2, 0) is 7.05 Å². The fourth-order valence-corrected chi connectivity index (χ4v) is 1.83. The number of nitrogens with zero attached hydrogens (tertiary/aromatic N) is 2. The molecule has 0 saturated heterocycles. The van der Waals surface area contributed by atoms with Crippen molar-refractivity contribution >= 4 is 5.69 Å². The number of hydrogen-bond donors (Lipinski definition) is 2. The highest BCUT2D eigenvalue weighted by Crippen LogP contribution is 2.25. The molecule has 1 heterocycles. The molecule has 1 atom stereocenters. The number of benzene rings is 1. The summed E-state index contributed by atoms with van der Waals surface area (Å²) in [6.07, 6.45) is 3.56. The molecule has 6 heteroatoms. The Hall–Kier alpha value is -2.08. The van der Waals surface area contributed by atoms with Crippen molar-refractivity contribution in [3.05, 3.63) is 42.0 Å². The van der Waals surface area contributed by atoms with Gasteiger partial charge in [0.2, 0.25) is 0 Å². The molecule has 0 aliphatic rings. The summed E-state index contributed by atoms with van der Waals surface area (Å²) >= 11 is 0. The lowest BCUT2D eigenvalue weighted by Gasteiger charge is -2.17. The second-order valence-electron chi connectivity index (χ2n) is 4.23. The smallest absolute Gasteiger partial charge is 0.146 e. The number of aryl methyl sites for hydroxylation is 1. The van der Waals surface area contributed by atoms with E-state index in [9.17, 15) is 4.39 Å². The van der Waals surface area contributed by atoms with E-state index in [1.807, 2.05) is 13.2 Å². The Bertz CT molecular complexity index is 555. The Morgan fingerprint density at radius 2 is 2.32 bits per heavy atom. The predicted molar refractivity (Wildman–Crippen MR) is 71.6 cm³/mol. The van der Waals surface area contributed by atoms with Gasteiger partial charge in [0.15, 0.2) is 0 Å². The third kappa shape index (κ3) is 3.03. The van der Waals surface area contributed by atoms with Gasteiger partial charge in [0, 0.05) is 31.4 Å². The van der Waals surface area contributed by atoms with E-state index in [4.69, 9.17) is 10.5 Å². The average molecular weight is 264 g/mol. The van der Waals surface area contributed by atoms with Crippen LogP contribution < -0.4 is 15.8 Å². The van der Waals surface area contributed by atoms with Crippen molar-refractivity contribution in [3.63, 3.8) is 0 Å². The van der Waals surface area contributed by atoms with Crippen LogP contribution in [0.5, 0.6) is 5.75 Å². The predicted octanol–water partition coefficient (Wildman–Crippen LogP) is 1.68. The quantitative estimate of drug-likeness (QED) is 0.862. The first-order valence-corrected chi connectivity index (χ1v) is 5.92. The number of anilines is 1. The number of rotatable bonds is 5. The Kier molecular flexibility index (Phi) is 4.01. The number of methoxy groups -OCH3 is 1. The van der Waals surface area contributed by atoms with Crippen molar-refractivity contribution in [2.45, 2.75) is 6.04 Å². The molecule has 2 rings (SSSR count). The Morgan fingerprint density at radius 3 is 2.89 bits per heavy atom. The fourth-order valence-electron chi connectivity index (χ4n) is 1.83. The van der Waals surface area contributed by atoms with E-state index in [0.717, 1.165) is 5.56 Å². The average Bonchev–Trinajstić information content (AvgIpc) is 2.84. The SMILES string of the molecule is COc1ccc(F)c(NC(CN)c2cnn(C)c2)c1. The monoisotopic (exact) mass is 264 g/mol. The minimum Gasteiger partial charge on any atom is -0.497 e. The summed E-state index contributed by atoms with van der Waals surface area (Å²) in [5, 5.41) is 7.15. The van der Waals surface area contributed by atoms with Crippen LogP contribution in [-0.4, -0.2) is 23.4 Å². The van der Waals surface area contributed by atoms with E-state index >= 15 is 0 Å². The lowest BCUT2D eigenvalue weighted by molar-refractivity contribution is 0.414. The maximum Gasteiger partial charge on any atom is 0.146 e. The molecule has 19 heavy (non-hydrogen) atoms. The minimum absolute atomic E-state index is 0.199. The maximum absolute atomic E-state index is 13.7. The van der Waals surface area contributed by atoms with E-state index in [2.05, 4.69) is 10.4 Å². The van der Waals surface area contributed by atoms with Crippen LogP contribution in [0.2, 0.25) is 0 Å². The van der Waals surface area contributed by atoms with Crippen molar-refractivity contribution < 1.29 is 9.13 Å². The third-order valence-electron chi connectivity index (χ3n) is 2.87. The molecule has 1 unspecified atom stereocenters. The molecule has 1 aromatic carbocycles. The summed E-state index contributed by atoms with van der Waals surface area (Å²) in [6.45, 7) is 0.336. The van der Waals surface area contributed by atoms with Crippen molar-refractivity contribution in [2.75, 3.05) is 19.0 Å². The zero-order valence-corrected chi connectivity index (χ0v) is 10.9. The number of nitrogens with two attached hydrogens (primary N) is 1. The summed E-state index contributed by atoms with van der Waals surface area (Å²) < 4.78 is 20.5. The molecule has 0 fully saturated rings. The molecular weight excluding hydrogens is 247 g/mol. The lowest BCUT2D eigenvalue weighted by Crippen LogP contribution is -2.20. The number of aromatic nitrogens is 2. The van der Waals surface area contributed by atoms with Gasteiger partial charge < -0.3 is 15.8 Å². The van der Waals surface area contributed by atoms with E-state index in [1.54, 1.807) is 30.1 Å². The van der Waals surface area contributed by atoms with E-state index in [-0.39, 0.29) is 11.9 Å². The molecule has 0 saturated carbocycles. The van der Waals surface area contributed by atoms with Gasteiger partial charge in [0.1, 0.15) is 11.6 Å². The van der Waals surface area contributed by atoms with Gasteiger partial charge in [-0.05, 0) is 12.1 Å². The van der Waals surface area contributed by atoms with Crippen LogP contribution in [0.25, 0.3) is 0 Å². The minimum atomic E-state index is -0.344. The van der Waals surface area contributed by atoms with Gasteiger partial charge in [-0.15, -0.1) is 0 Å². The highest BCUT2D eigenvalue weighted by molar-refractivity contribution is 5.51. The number of nitrogens with one attached hydrogen (secondary N) is 1. The van der Waals surface area contributed by atoms with Gasteiger partial charge in [-0.3, -0.25) is 4.68 Å². The van der Waals surface area contributed by atoms with Crippen molar-refractivity contribution in [3.8, 4) is 5.75 Å². The molecule has 0 aliphatic carbocycles. The standard InChI is InChI=1S/C13H17FN4O/c1-18-8-9(7-16-18)13(6-15)17-12-5-10(19-2)3-4-11(12)14/h3-5,7-8,13,17H,6,15H2,1-2H3. The number of ether oxygens (including phenoxy) is 1. The number of halogens is 1. The van der Waals surface area contributed by atoms with Gasteiger partial charge >= 0.3 is 0 Å². The first kappa shape index (κ1) is 13.4. The second kappa shape index (κ2) is 5.71. The van der Waals surface area contributed by atoms with Gasteiger partial charge in [0.25, 0.3) is 0 Å². The van der Waals surface area contributed by atoms with Gasteiger partial charge in [0.05, 0.1) is 25.0 Å². The summed E-state index contributed by atoms with van der Waals surface area (Å²) in [6, 6.07) is 4.34. The zero-order valence-electron chi connectivity index (χ0n) is 10.9. The summed E-state index contributed by atoms with van der Waals surface area (Å²) in [7, 11) is 3.36.